The number of rotatable bonds is 7. The fourth-order valence-electron chi connectivity index (χ4n) is 3.78. The summed E-state index contributed by atoms with van der Waals surface area (Å²) < 4.78 is 5.05. The summed E-state index contributed by atoms with van der Waals surface area (Å²) in [5.74, 6) is -1.85. The van der Waals surface area contributed by atoms with E-state index in [2.05, 4.69) is 0 Å². The SMILES string of the molecule is COCCCN1C(=O)C(=O)/C(=C(/O)c2cc(C)ccc2C)C1c1cccc([N+](=O)[O-])c1. The molecule has 1 fully saturated rings. The zero-order valence-electron chi connectivity index (χ0n) is 17.6. The number of nitro benzene ring substituents is 1. The van der Waals surface area contributed by atoms with Crippen molar-refractivity contribution in [2.24, 2.45) is 0 Å². The number of hydrogen-bond acceptors (Lipinski definition) is 6. The van der Waals surface area contributed by atoms with E-state index in [0.717, 1.165) is 11.1 Å². The van der Waals surface area contributed by atoms with E-state index in [1.165, 1.54) is 30.2 Å². The van der Waals surface area contributed by atoms with Gasteiger partial charge in [-0.1, -0.05) is 29.8 Å². The number of likely N-dealkylation sites (tertiary alicyclic amines) is 1. The lowest BCUT2D eigenvalue weighted by Gasteiger charge is -2.25. The van der Waals surface area contributed by atoms with Crippen molar-refractivity contribution in [2.75, 3.05) is 20.3 Å². The highest BCUT2D eigenvalue weighted by Crippen LogP contribution is 2.40. The zero-order chi connectivity index (χ0) is 22.7. The monoisotopic (exact) mass is 424 g/mol. The Bertz CT molecular complexity index is 1080. The standard InChI is InChI=1S/C23H24N2O6/c1-14-8-9-15(2)18(12-14)21(26)19-20(16-6-4-7-17(13-16)25(29)30)24(10-5-11-31-3)23(28)22(19)27/h4,6-9,12-13,20,26H,5,10-11H2,1-3H3/b21-19+. The van der Waals surface area contributed by atoms with Crippen LogP contribution in [0, 0.1) is 24.0 Å². The first kappa shape index (κ1) is 22.2. The molecule has 3 rings (SSSR count). The summed E-state index contributed by atoms with van der Waals surface area (Å²) in [5.41, 5.74) is 2.23. The minimum Gasteiger partial charge on any atom is -0.507 e. The fourth-order valence-corrected chi connectivity index (χ4v) is 3.78. The summed E-state index contributed by atoms with van der Waals surface area (Å²) in [5, 5.41) is 22.4. The summed E-state index contributed by atoms with van der Waals surface area (Å²) in [4.78, 5) is 37.9. The van der Waals surface area contributed by atoms with Crippen molar-refractivity contribution in [3.63, 3.8) is 0 Å². The average molecular weight is 424 g/mol. The molecule has 1 amide bonds. The number of ether oxygens (including phenoxy) is 1. The molecule has 0 saturated carbocycles. The molecule has 1 aliphatic rings. The third-order valence-electron chi connectivity index (χ3n) is 5.33. The molecule has 0 aromatic heterocycles. The van der Waals surface area contributed by atoms with Crippen LogP contribution in [0.15, 0.2) is 48.0 Å². The lowest BCUT2D eigenvalue weighted by atomic mass is 9.93. The number of ketones is 1. The second-order valence-corrected chi connectivity index (χ2v) is 7.51. The van der Waals surface area contributed by atoms with Gasteiger partial charge in [0.25, 0.3) is 17.4 Å². The Morgan fingerprint density at radius 1 is 1.19 bits per heavy atom. The van der Waals surface area contributed by atoms with Gasteiger partial charge < -0.3 is 14.7 Å². The number of Topliss-reactive ketones (excluding diaryl/α,β-unsaturated/α-hetero) is 1. The van der Waals surface area contributed by atoms with E-state index in [-0.39, 0.29) is 23.6 Å². The van der Waals surface area contributed by atoms with Crippen molar-refractivity contribution in [1.29, 1.82) is 0 Å². The van der Waals surface area contributed by atoms with Crippen LogP contribution in [-0.4, -0.2) is 46.9 Å². The van der Waals surface area contributed by atoms with Crippen molar-refractivity contribution >= 4 is 23.1 Å². The van der Waals surface area contributed by atoms with Crippen LogP contribution in [0.25, 0.3) is 5.76 Å². The number of amides is 1. The van der Waals surface area contributed by atoms with Gasteiger partial charge in [-0.2, -0.15) is 0 Å². The minimum atomic E-state index is -0.934. The molecule has 2 aromatic carbocycles. The molecular formula is C23H24N2O6. The third kappa shape index (κ3) is 4.34. The van der Waals surface area contributed by atoms with Gasteiger partial charge in [0.1, 0.15) is 5.76 Å². The number of carbonyl (C=O) groups is 2. The second-order valence-electron chi connectivity index (χ2n) is 7.51. The lowest BCUT2D eigenvalue weighted by Crippen LogP contribution is -2.31. The van der Waals surface area contributed by atoms with Crippen LogP contribution in [0.4, 0.5) is 5.69 Å². The molecule has 0 aliphatic carbocycles. The Labute approximate surface area is 179 Å². The van der Waals surface area contributed by atoms with Crippen LogP contribution in [0.1, 0.15) is 34.7 Å². The number of aliphatic hydroxyl groups excluding tert-OH is 1. The molecule has 8 nitrogen and oxygen atoms in total. The second kappa shape index (κ2) is 9.09. The number of non-ortho nitro benzene ring substituents is 1. The smallest absolute Gasteiger partial charge is 0.295 e. The zero-order valence-corrected chi connectivity index (χ0v) is 17.6. The molecule has 1 unspecified atom stereocenters. The fraction of sp³-hybridized carbons (Fsp3) is 0.304. The molecule has 0 bridgehead atoms. The van der Waals surface area contributed by atoms with Gasteiger partial charge in [-0.05, 0) is 37.5 Å². The molecule has 2 aromatic rings. The molecule has 1 saturated heterocycles. The van der Waals surface area contributed by atoms with Gasteiger partial charge >= 0.3 is 0 Å². The summed E-state index contributed by atoms with van der Waals surface area (Å²) in [6.45, 7) is 4.24. The summed E-state index contributed by atoms with van der Waals surface area (Å²) >= 11 is 0. The Balaban J connectivity index is 2.20. The molecule has 1 atom stereocenters. The van der Waals surface area contributed by atoms with Gasteiger partial charge in [-0.15, -0.1) is 0 Å². The first-order chi connectivity index (χ1) is 14.8. The Kier molecular flexibility index (Phi) is 6.50. The van der Waals surface area contributed by atoms with Gasteiger partial charge in [0.2, 0.25) is 0 Å². The van der Waals surface area contributed by atoms with E-state index in [1.54, 1.807) is 19.1 Å². The quantitative estimate of drug-likeness (QED) is 0.181. The summed E-state index contributed by atoms with van der Waals surface area (Å²) in [6.07, 6.45) is 0.471. The topological polar surface area (TPSA) is 110 Å². The van der Waals surface area contributed by atoms with Crippen LogP contribution >= 0.6 is 0 Å². The van der Waals surface area contributed by atoms with E-state index < -0.39 is 22.7 Å². The predicted octanol–water partition coefficient (Wildman–Crippen LogP) is 3.67. The number of nitro groups is 1. The van der Waals surface area contributed by atoms with E-state index in [9.17, 15) is 24.8 Å². The Hall–Kier alpha value is -3.52. The molecule has 1 N–H and O–H groups in total. The molecular weight excluding hydrogens is 400 g/mol. The highest BCUT2D eigenvalue weighted by atomic mass is 16.6. The predicted molar refractivity (Wildman–Crippen MR) is 115 cm³/mol. The average Bonchev–Trinajstić information content (AvgIpc) is 3.00. The van der Waals surface area contributed by atoms with Gasteiger partial charge in [-0.3, -0.25) is 19.7 Å². The van der Waals surface area contributed by atoms with Gasteiger partial charge in [0.05, 0.1) is 16.5 Å². The van der Waals surface area contributed by atoms with E-state index in [0.29, 0.717) is 24.2 Å². The van der Waals surface area contributed by atoms with Gasteiger partial charge in [0.15, 0.2) is 0 Å². The van der Waals surface area contributed by atoms with Crippen molar-refractivity contribution < 1.29 is 24.4 Å². The van der Waals surface area contributed by atoms with Gasteiger partial charge in [-0.25, -0.2) is 0 Å². The van der Waals surface area contributed by atoms with Crippen LogP contribution in [0.3, 0.4) is 0 Å². The highest BCUT2D eigenvalue weighted by molar-refractivity contribution is 6.46. The molecule has 0 spiro atoms. The molecule has 0 radical (unpaired) electrons. The number of methoxy groups -OCH3 is 1. The molecule has 1 heterocycles. The molecule has 31 heavy (non-hydrogen) atoms. The number of aliphatic hydroxyl groups is 1. The molecule has 8 heteroatoms. The van der Waals surface area contributed by atoms with Crippen molar-refractivity contribution in [3.05, 3.63) is 80.4 Å². The number of carbonyl (C=O) groups excluding carboxylic acids is 2. The Morgan fingerprint density at radius 3 is 2.61 bits per heavy atom. The molecule has 162 valence electrons. The van der Waals surface area contributed by atoms with Gasteiger partial charge in [0, 0.05) is 38.0 Å². The highest BCUT2D eigenvalue weighted by Gasteiger charge is 2.46. The van der Waals surface area contributed by atoms with Crippen LogP contribution in [0.5, 0.6) is 0 Å². The van der Waals surface area contributed by atoms with Crippen LogP contribution in [0.2, 0.25) is 0 Å². The largest absolute Gasteiger partial charge is 0.507 e. The van der Waals surface area contributed by atoms with E-state index in [1.807, 2.05) is 19.1 Å². The summed E-state index contributed by atoms with van der Waals surface area (Å²) in [6, 6.07) is 10.3. The number of hydrogen-bond donors (Lipinski definition) is 1. The maximum Gasteiger partial charge on any atom is 0.295 e. The molecule has 1 aliphatic heterocycles. The van der Waals surface area contributed by atoms with Crippen molar-refractivity contribution in [3.8, 4) is 0 Å². The lowest BCUT2D eigenvalue weighted by molar-refractivity contribution is -0.384. The van der Waals surface area contributed by atoms with Crippen molar-refractivity contribution in [1.82, 2.24) is 4.90 Å². The number of nitrogens with zero attached hydrogens (tertiary/aromatic N) is 2. The maximum absolute atomic E-state index is 13.0. The maximum atomic E-state index is 13.0. The summed E-state index contributed by atoms with van der Waals surface area (Å²) in [7, 11) is 1.53. The normalized spacial score (nSPS) is 17.9. The van der Waals surface area contributed by atoms with Crippen molar-refractivity contribution in [2.45, 2.75) is 26.3 Å². The first-order valence-electron chi connectivity index (χ1n) is 9.85. The van der Waals surface area contributed by atoms with E-state index >= 15 is 0 Å². The third-order valence-corrected chi connectivity index (χ3v) is 5.33. The van der Waals surface area contributed by atoms with E-state index in [4.69, 9.17) is 4.74 Å². The minimum absolute atomic E-state index is 0.0726. The Morgan fingerprint density at radius 2 is 1.94 bits per heavy atom. The first-order valence-corrected chi connectivity index (χ1v) is 9.85. The number of aryl methyl sites for hydroxylation is 2. The number of benzene rings is 2. The van der Waals surface area contributed by atoms with Crippen LogP contribution in [-0.2, 0) is 14.3 Å². The van der Waals surface area contributed by atoms with Crippen LogP contribution < -0.4 is 0 Å².